The number of hydrogen-bond donors (Lipinski definition) is 0. The SMILES string of the molecule is C(C=NC12CCC3CC(CC3C1)C2)=NC12CC3CC(CC(C3)C1)C2. The molecule has 0 aromatic rings. The molecule has 0 aromatic heterocycles. The Bertz CT molecular complexity index is 541. The molecule has 7 saturated carbocycles. The summed E-state index contributed by atoms with van der Waals surface area (Å²) in [6.45, 7) is 0. The molecule has 2 nitrogen and oxygen atoms in total. The Morgan fingerprint density at radius 2 is 1.12 bits per heavy atom. The fourth-order valence-corrected chi connectivity index (χ4v) is 8.65. The van der Waals surface area contributed by atoms with Gasteiger partial charge in [0.05, 0.1) is 11.1 Å². The Morgan fingerprint density at radius 1 is 0.583 bits per heavy atom. The zero-order valence-corrected chi connectivity index (χ0v) is 15.0. The molecule has 0 spiro atoms. The van der Waals surface area contributed by atoms with Crippen molar-refractivity contribution in [3.05, 3.63) is 0 Å². The zero-order valence-electron chi connectivity index (χ0n) is 15.0. The van der Waals surface area contributed by atoms with Gasteiger partial charge in [-0.05, 0) is 113 Å². The smallest absolute Gasteiger partial charge is 0.0616 e. The number of nitrogens with zero attached hydrogens (tertiary/aromatic N) is 2. The average Bonchev–Trinajstić information content (AvgIpc) is 2.74. The van der Waals surface area contributed by atoms with Crippen molar-refractivity contribution in [1.29, 1.82) is 0 Å². The zero-order chi connectivity index (χ0) is 15.8. The molecular weight excluding hydrogens is 292 g/mol. The maximum Gasteiger partial charge on any atom is 0.0616 e. The first-order valence-electron chi connectivity index (χ1n) is 10.8. The lowest BCUT2D eigenvalue weighted by Crippen LogP contribution is -2.49. The number of hydrogen-bond acceptors (Lipinski definition) is 2. The third-order valence-electron chi connectivity index (χ3n) is 9.00. The lowest BCUT2D eigenvalue weighted by Gasteiger charge is -2.54. The largest absolute Gasteiger partial charge is 0.285 e. The predicted molar refractivity (Wildman–Crippen MR) is 98.8 cm³/mol. The molecule has 0 saturated heterocycles. The van der Waals surface area contributed by atoms with Crippen molar-refractivity contribution in [2.24, 2.45) is 45.5 Å². The second-order valence-electron chi connectivity index (χ2n) is 10.7. The summed E-state index contributed by atoms with van der Waals surface area (Å²) in [5.41, 5.74) is 0.635. The molecule has 0 radical (unpaired) electrons. The van der Waals surface area contributed by atoms with Gasteiger partial charge >= 0.3 is 0 Å². The van der Waals surface area contributed by atoms with Gasteiger partial charge in [0, 0.05) is 12.4 Å². The molecule has 7 aliphatic rings. The average molecular weight is 325 g/mol. The third kappa shape index (κ3) is 2.20. The molecule has 0 aromatic carbocycles. The normalized spacial score (nSPS) is 57.7. The molecule has 0 aliphatic heterocycles. The van der Waals surface area contributed by atoms with Crippen LogP contribution in [0, 0.1) is 35.5 Å². The standard InChI is InChI=1S/C22H32N2/c1-2-21(10-18-8-19(1)20(9-18)14-21)23-3-4-24-22-11-15-5-16(12-22)7-17(6-15)13-22/h3-4,15-20H,1-2,5-14H2. The summed E-state index contributed by atoms with van der Waals surface area (Å²) in [5, 5.41) is 0. The number of fused-ring (bicyclic) bond motifs is 2. The van der Waals surface area contributed by atoms with Crippen molar-refractivity contribution in [2.75, 3.05) is 0 Å². The maximum atomic E-state index is 5.16. The van der Waals surface area contributed by atoms with E-state index in [1.54, 1.807) is 0 Å². The van der Waals surface area contributed by atoms with E-state index in [2.05, 4.69) is 12.4 Å². The van der Waals surface area contributed by atoms with Crippen LogP contribution in [0.4, 0.5) is 0 Å². The second-order valence-corrected chi connectivity index (χ2v) is 10.7. The van der Waals surface area contributed by atoms with E-state index < -0.39 is 0 Å². The highest BCUT2D eigenvalue weighted by Gasteiger charge is 2.52. The van der Waals surface area contributed by atoms with Crippen LogP contribution in [0.3, 0.4) is 0 Å². The van der Waals surface area contributed by atoms with Gasteiger partial charge in [0.1, 0.15) is 0 Å². The van der Waals surface area contributed by atoms with Crippen LogP contribution in [0.2, 0.25) is 0 Å². The number of aliphatic imine (C=N–C) groups is 2. The third-order valence-corrected chi connectivity index (χ3v) is 9.00. The maximum absolute atomic E-state index is 5.16. The Kier molecular flexibility index (Phi) is 2.99. The van der Waals surface area contributed by atoms with E-state index in [1.807, 2.05) is 0 Å². The monoisotopic (exact) mass is 324 g/mol. The van der Waals surface area contributed by atoms with Crippen molar-refractivity contribution in [3.8, 4) is 0 Å². The molecule has 0 N–H and O–H groups in total. The van der Waals surface area contributed by atoms with Crippen molar-refractivity contribution in [3.63, 3.8) is 0 Å². The van der Waals surface area contributed by atoms with Gasteiger partial charge in [0.2, 0.25) is 0 Å². The van der Waals surface area contributed by atoms with E-state index >= 15 is 0 Å². The van der Waals surface area contributed by atoms with Gasteiger partial charge in [-0.25, -0.2) is 0 Å². The fraction of sp³-hybridized carbons (Fsp3) is 0.909. The first kappa shape index (κ1) is 14.5. The summed E-state index contributed by atoms with van der Waals surface area (Å²) >= 11 is 0. The molecular formula is C22H32N2. The van der Waals surface area contributed by atoms with E-state index in [0.29, 0.717) is 11.1 Å². The topological polar surface area (TPSA) is 24.7 Å². The predicted octanol–water partition coefficient (Wildman–Crippen LogP) is 5.07. The first-order chi connectivity index (χ1) is 11.7. The van der Waals surface area contributed by atoms with Crippen LogP contribution in [-0.4, -0.2) is 23.5 Å². The van der Waals surface area contributed by atoms with Crippen LogP contribution < -0.4 is 0 Å². The van der Waals surface area contributed by atoms with E-state index in [0.717, 1.165) is 35.5 Å². The molecule has 24 heavy (non-hydrogen) atoms. The van der Waals surface area contributed by atoms with Gasteiger partial charge < -0.3 is 0 Å². The Hall–Kier alpha value is -0.660. The summed E-state index contributed by atoms with van der Waals surface area (Å²) in [6.07, 6.45) is 21.5. The van der Waals surface area contributed by atoms with E-state index in [4.69, 9.17) is 9.98 Å². The highest BCUT2D eigenvalue weighted by Crippen LogP contribution is 2.58. The Balaban J connectivity index is 1.18. The van der Waals surface area contributed by atoms with Crippen molar-refractivity contribution >= 4 is 12.4 Å². The molecule has 7 aliphatic carbocycles. The molecule has 4 unspecified atom stereocenters. The lowest BCUT2D eigenvalue weighted by molar-refractivity contribution is 0.00201. The molecule has 7 rings (SSSR count). The van der Waals surface area contributed by atoms with Gasteiger partial charge in [-0.3, -0.25) is 9.98 Å². The summed E-state index contributed by atoms with van der Waals surface area (Å²) in [4.78, 5) is 10.3. The van der Waals surface area contributed by atoms with Crippen LogP contribution in [0.15, 0.2) is 9.98 Å². The van der Waals surface area contributed by atoms with Crippen molar-refractivity contribution in [1.82, 2.24) is 0 Å². The summed E-state index contributed by atoms with van der Waals surface area (Å²) in [7, 11) is 0. The van der Waals surface area contributed by atoms with Gasteiger partial charge in [0.25, 0.3) is 0 Å². The van der Waals surface area contributed by atoms with Gasteiger partial charge in [-0.2, -0.15) is 0 Å². The van der Waals surface area contributed by atoms with Crippen LogP contribution in [0.1, 0.15) is 77.0 Å². The summed E-state index contributed by atoms with van der Waals surface area (Å²) in [5.74, 6) is 6.04. The Morgan fingerprint density at radius 3 is 1.83 bits per heavy atom. The lowest BCUT2D eigenvalue weighted by atomic mass is 9.53. The molecule has 7 fully saturated rings. The quantitative estimate of drug-likeness (QED) is 0.648. The van der Waals surface area contributed by atoms with E-state index in [1.165, 1.54) is 77.0 Å². The fourth-order valence-electron chi connectivity index (χ4n) is 8.65. The highest BCUT2D eigenvalue weighted by molar-refractivity contribution is 6.16. The first-order valence-corrected chi connectivity index (χ1v) is 10.8. The second kappa shape index (κ2) is 4.95. The highest BCUT2D eigenvalue weighted by atomic mass is 14.9. The molecule has 0 amide bonds. The molecule has 7 bridgehead atoms. The van der Waals surface area contributed by atoms with Crippen LogP contribution >= 0.6 is 0 Å². The van der Waals surface area contributed by atoms with E-state index in [9.17, 15) is 0 Å². The molecule has 4 atom stereocenters. The van der Waals surface area contributed by atoms with E-state index in [-0.39, 0.29) is 0 Å². The molecule has 0 heterocycles. The summed E-state index contributed by atoms with van der Waals surface area (Å²) in [6, 6.07) is 0. The molecule has 2 heteroatoms. The van der Waals surface area contributed by atoms with Crippen LogP contribution in [0.25, 0.3) is 0 Å². The molecule has 130 valence electrons. The summed E-state index contributed by atoms with van der Waals surface area (Å²) < 4.78 is 0. The van der Waals surface area contributed by atoms with Crippen molar-refractivity contribution < 1.29 is 0 Å². The van der Waals surface area contributed by atoms with Crippen molar-refractivity contribution in [2.45, 2.75) is 88.1 Å². The van der Waals surface area contributed by atoms with Crippen LogP contribution in [0.5, 0.6) is 0 Å². The minimum absolute atomic E-state index is 0.314. The van der Waals surface area contributed by atoms with Gasteiger partial charge in [0.15, 0.2) is 0 Å². The number of rotatable bonds is 3. The Labute approximate surface area is 146 Å². The van der Waals surface area contributed by atoms with Gasteiger partial charge in [-0.15, -0.1) is 0 Å². The minimum Gasteiger partial charge on any atom is -0.285 e. The van der Waals surface area contributed by atoms with Gasteiger partial charge in [-0.1, -0.05) is 0 Å². The van der Waals surface area contributed by atoms with Crippen LogP contribution in [-0.2, 0) is 0 Å². The minimum atomic E-state index is 0.314.